The zero-order valence-corrected chi connectivity index (χ0v) is 11.4. The molecule has 2 heterocycles. The molecule has 0 saturated heterocycles. The Bertz CT molecular complexity index is 552. The maximum Gasteiger partial charge on any atom is 0.163 e. The van der Waals surface area contributed by atoms with Crippen molar-refractivity contribution in [1.29, 1.82) is 0 Å². The summed E-state index contributed by atoms with van der Waals surface area (Å²) in [4.78, 5) is 8.63. The van der Waals surface area contributed by atoms with Crippen LogP contribution < -0.4 is 5.32 Å². The number of hydrogen-bond acceptors (Lipinski definition) is 5. The van der Waals surface area contributed by atoms with Crippen LogP contribution in [-0.4, -0.2) is 37.3 Å². The van der Waals surface area contributed by atoms with Crippen LogP contribution >= 0.6 is 11.8 Å². The van der Waals surface area contributed by atoms with Gasteiger partial charge in [-0.25, -0.2) is 9.97 Å². The molecule has 0 spiro atoms. The molecule has 1 N–H and O–H groups in total. The van der Waals surface area contributed by atoms with Gasteiger partial charge in [0.2, 0.25) is 0 Å². The first-order valence-electron chi connectivity index (χ1n) is 6.21. The van der Waals surface area contributed by atoms with E-state index in [1.807, 2.05) is 25.0 Å². The predicted molar refractivity (Wildman–Crippen MR) is 74.9 cm³/mol. The van der Waals surface area contributed by atoms with E-state index in [1.54, 1.807) is 11.0 Å². The number of fused-ring (bicyclic) bond motifs is 1. The Morgan fingerprint density at radius 1 is 1.39 bits per heavy atom. The molecule has 1 fully saturated rings. The SMILES string of the molecule is CSC1CCCC1Nc1ncnc2c1cnn2C. The van der Waals surface area contributed by atoms with Gasteiger partial charge in [0, 0.05) is 18.3 Å². The Balaban J connectivity index is 1.90. The van der Waals surface area contributed by atoms with Gasteiger partial charge in [0.25, 0.3) is 0 Å². The van der Waals surface area contributed by atoms with Crippen molar-refractivity contribution < 1.29 is 0 Å². The molecule has 0 aromatic carbocycles. The van der Waals surface area contributed by atoms with Crippen LogP contribution in [0.15, 0.2) is 12.5 Å². The molecule has 96 valence electrons. The summed E-state index contributed by atoms with van der Waals surface area (Å²) in [5, 5.41) is 9.51. The van der Waals surface area contributed by atoms with E-state index in [0.29, 0.717) is 11.3 Å². The number of rotatable bonds is 3. The second-order valence-electron chi connectivity index (χ2n) is 4.68. The Kier molecular flexibility index (Phi) is 3.11. The summed E-state index contributed by atoms with van der Waals surface area (Å²) < 4.78 is 1.78. The van der Waals surface area contributed by atoms with Gasteiger partial charge in [-0.1, -0.05) is 6.42 Å². The monoisotopic (exact) mass is 263 g/mol. The molecule has 6 heteroatoms. The van der Waals surface area contributed by atoms with Crippen LogP contribution in [0, 0.1) is 0 Å². The van der Waals surface area contributed by atoms with Crippen LogP contribution in [0.5, 0.6) is 0 Å². The van der Waals surface area contributed by atoms with Gasteiger partial charge in [0.05, 0.1) is 11.6 Å². The summed E-state index contributed by atoms with van der Waals surface area (Å²) in [5.41, 5.74) is 0.881. The number of anilines is 1. The van der Waals surface area contributed by atoms with E-state index in [1.165, 1.54) is 19.3 Å². The van der Waals surface area contributed by atoms with Crippen molar-refractivity contribution in [2.45, 2.75) is 30.6 Å². The fraction of sp³-hybridized carbons (Fsp3) is 0.583. The molecule has 3 rings (SSSR count). The maximum absolute atomic E-state index is 4.37. The van der Waals surface area contributed by atoms with E-state index < -0.39 is 0 Å². The van der Waals surface area contributed by atoms with Gasteiger partial charge in [0.15, 0.2) is 5.65 Å². The number of nitrogens with one attached hydrogen (secondary N) is 1. The molecule has 2 aromatic rings. The average Bonchev–Trinajstić information content (AvgIpc) is 2.98. The molecule has 0 aliphatic heterocycles. The third kappa shape index (κ3) is 1.94. The van der Waals surface area contributed by atoms with Crippen LogP contribution in [-0.2, 0) is 7.05 Å². The summed E-state index contributed by atoms with van der Waals surface area (Å²) in [5.74, 6) is 0.916. The second kappa shape index (κ2) is 4.76. The summed E-state index contributed by atoms with van der Waals surface area (Å²) in [6, 6.07) is 0.512. The number of aromatic nitrogens is 4. The van der Waals surface area contributed by atoms with Gasteiger partial charge in [-0.15, -0.1) is 0 Å². The lowest BCUT2D eigenvalue weighted by Gasteiger charge is -2.19. The summed E-state index contributed by atoms with van der Waals surface area (Å²) in [6.07, 6.45) is 9.43. The Morgan fingerprint density at radius 2 is 2.28 bits per heavy atom. The molecule has 0 bridgehead atoms. The topological polar surface area (TPSA) is 55.6 Å². The highest BCUT2D eigenvalue weighted by Crippen LogP contribution is 2.31. The van der Waals surface area contributed by atoms with E-state index in [0.717, 1.165) is 16.9 Å². The van der Waals surface area contributed by atoms with Gasteiger partial charge >= 0.3 is 0 Å². The molecule has 1 aliphatic rings. The van der Waals surface area contributed by atoms with Gasteiger partial charge in [-0.2, -0.15) is 16.9 Å². The van der Waals surface area contributed by atoms with Crippen molar-refractivity contribution in [3.63, 3.8) is 0 Å². The first kappa shape index (κ1) is 11.8. The molecule has 5 nitrogen and oxygen atoms in total. The summed E-state index contributed by atoms with van der Waals surface area (Å²) in [6.45, 7) is 0. The van der Waals surface area contributed by atoms with Crippen molar-refractivity contribution in [2.75, 3.05) is 11.6 Å². The lowest BCUT2D eigenvalue weighted by atomic mass is 10.2. The Labute approximate surface area is 110 Å². The standard InChI is InChI=1S/C12H17N5S/c1-17-12-8(6-15-17)11(13-7-14-12)16-9-4-3-5-10(9)18-2/h6-7,9-10H,3-5H2,1-2H3,(H,13,14,16). The molecule has 1 aliphatic carbocycles. The molecule has 2 atom stereocenters. The van der Waals surface area contributed by atoms with Gasteiger partial charge in [-0.3, -0.25) is 4.68 Å². The Hall–Kier alpha value is -1.30. The Morgan fingerprint density at radius 3 is 3.11 bits per heavy atom. The van der Waals surface area contributed by atoms with Crippen molar-refractivity contribution >= 4 is 28.6 Å². The van der Waals surface area contributed by atoms with E-state index in [9.17, 15) is 0 Å². The van der Waals surface area contributed by atoms with Crippen molar-refractivity contribution in [2.24, 2.45) is 7.05 Å². The van der Waals surface area contributed by atoms with Gasteiger partial charge in [0.1, 0.15) is 12.1 Å². The third-order valence-corrected chi connectivity index (χ3v) is 4.78. The van der Waals surface area contributed by atoms with E-state index in [4.69, 9.17) is 0 Å². The first-order valence-corrected chi connectivity index (χ1v) is 7.50. The average molecular weight is 263 g/mol. The fourth-order valence-electron chi connectivity index (χ4n) is 2.63. The predicted octanol–water partition coefficient (Wildman–Crippen LogP) is 2.06. The second-order valence-corrected chi connectivity index (χ2v) is 5.76. The summed E-state index contributed by atoms with van der Waals surface area (Å²) in [7, 11) is 1.90. The highest BCUT2D eigenvalue weighted by Gasteiger charge is 2.27. The van der Waals surface area contributed by atoms with E-state index in [2.05, 4.69) is 26.6 Å². The highest BCUT2D eigenvalue weighted by molar-refractivity contribution is 7.99. The quantitative estimate of drug-likeness (QED) is 0.918. The van der Waals surface area contributed by atoms with Crippen molar-refractivity contribution in [3.05, 3.63) is 12.5 Å². The highest BCUT2D eigenvalue weighted by atomic mass is 32.2. The van der Waals surface area contributed by atoms with E-state index in [-0.39, 0.29) is 0 Å². The summed E-state index contributed by atoms with van der Waals surface area (Å²) >= 11 is 1.94. The molecular weight excluding hydrogens is 246 g/mol. The van der Waals surface area contributed by atoms with Crippen LogP contribution in [0.2, 0.25) is 0 Å². The molecule has 2 aromatic heterocycles. The minimum atomic E-state index is 0.512. The normalized spacial score (nSPS) is 23.7. The van der Waals surface area contributed by atoms with Gasteiger partial charge in [-0.05, 0) is 19.1 Å². The lowest BCUT2D eigenvalue weighted by Crippen LogP contribution is -2.26. The molecule has 1 saturated carbocycles. The third-order valence-electron chi connectivity index (χ3n) is 3.61. The van der Waals surface area contributed by atoms with Gasteiger partial charge < -0.3 is 5.32 Å². The van der Waals surface area contributed by atoms with E-state index >= 15 is 0 Å². The van der Waals surface area contributed by atoms with Crippen LogP contribution in [0.25, 0.3) is 11.0 Å². The minimum absolute atomic E-state index is 0.512. The molecular formula is C12H17N5S. The molecule has 18 heavy (non-hydrogen) atoms. The smallest absolute Gasteiger partial charge is 0.163 e. The number of hydrogen-bond donors (Lipinski definition) is 1. The number of nitrogens with zero attached hydrogens (tertiary/aromatic N) is 4. The number of aryl methyl sites for hydroxylation is 1. The largest absolute Gasteiger partial charge is 0.366 e. The van der Waals surface area contributed by atoms with Crippen LogP contribution in [0.1, 0.15) is 19.3 Å². The van der Waals surface area contributed by atoms with Crippen molar-refractivity contribution in [1.82, 2.24) is 19.7 Å². The zero-order chi connectivity index (χ0) is 12.5. The minimum Gasteiger partial charge on any atom is -0.366 e. The molecule has 0 radical (unpaired) electrons. The maximum atomic E-state index is 4.37. The fourth-order valence-corrected chi connectivity index (χ4v) is 3.56. The van der Waals surface area contributed by atoms with Crippen molar-refractivity contribution in [3.8, 4) is 0 Å². The number of thioether (sulfide) groups is 1. The zero-order valence-electron chi connectivity index (χ0n) is 10.6. The molecule has 2 unspecified atom stereocenters. The first-order chi connectivity index (χ1) is 8.79. The van der Waals surface area contributed by atoms with Crippen LogP contribution in [0.3, 0.4) is 0 Å². The lowest BCUT2D eigenvalue weighted by molar-refractivity contribution is 0.763. The van der Waals surface area contributed by atoms with Crippen LogP contribution in [0.4, 0.5) is 5.82 Å². The molecule has 0 amide bonds.